The number of carbonyl (C=O) groups excluding carboxylic acids is 2. The third kappa shape index (κ3) is 5.02. The lowest BCUT2D eigenvalue weighted by atomic mass is 10.1. The third-order valence-electron chi connectivity index (χ3n) is 5.17. The molecule has 0 aliphatic carbocycles. The number of hydrogen-bond donors (Lipinski definition) is 1. The first-order valence-electron chi connectivity index (χ1n) is 10.2. The average molecular weight is 479 g/mol. The molecular weight excluding hydrogens is 459 g/mol. The maximum absolute atomic E-state index is 12.9. The molecule has 0 atom stereocenters. The smallest absolute Gasteiger partial charge is 0.453 e. The number of fused-ring (bicyclic) bond motifs is 2. The van der Waals surface area contributed by atoms with Gasteiger partial charge in [-0.15, -0.1) is 5.10 Å². The second-order valence-corrected chi connectivity index (χ2v) is 7.53. The fourth-order valence-corrected chi connectivity index (χ4v) is 3.44. The van der Waals surface area contributed by atoms with Gasteiger partial charge < -0.3 is 19.5 Å². The molecule has 0 radical (unpaired) electrons. The maximum Gasteiger partial charge on any atom is 0.453 e. The van der Waals surface area contributed by atoms with E-state index < -0.39 is 30.5 Å². The standard InChI is InChI=1S/C21H20F3N5O5/c1-11-14(12(2)29-20(26-11)27-19(28-29)21(22,23)24)4-6-18(31)32-9-17(30)25-8-13-3-5-15-16(7-13)34-10-33-15/h3,5,7H,4,6,8-10H2,1-2H3,(H,25,30). The van der Waals surface area contributed by atoms with Crippen LogP contribution in [-0.4, -0.2) is 44.9 Å². The Bertz CT molecular complexity index is 1260. The van der Waals surface area contributed by atoms with Gasteiger partial charge in [-0.1, -0.05) is 6.07 Å². The van der Waals surface area contributed by atoms with Gasteiger partial charge in [-0.05, 0) is 43.5 Å². The summed E-state index contributed by atoms with van der Waals surface area (Å²) in [5, 5.41) is 6.11. The Kier molecular flexibility index (Phi) is 6.26. The van der Waals surface area contributed by atoms with E-state index in [1.807, 2.05) is 0 Å². The molecule has 0 bridgehead atoms. The quantitative estimate of drug-likeness (QED) is 0.513. The highest BCUT2D eigenvalue weighted by atomic mass is 19.4. The van der Waals surface area contributed by atoms with Crippen molar-refractivity contribution >= 4 is 17.7 Å². The summed E-state index contributed by atoms with van der Waals surface area (Å²) in [6.45, 7) is 3.09. The first-order chi connectivity index (χ1) is 16.1. The molecule has 1 amide bonds. The number of ether oxygens (including phenoxy) is 3. The van der Waals surface area contributed by atoms with Gasteiger partial charge in [-0.2, -0.15) is 18.2 Å². The van der Waals surface area contributed by atoms with Crippen LogP contribution in [0.2, 0.25) is 0 Å². The number of esters is 1. The molecule has 1 aromatic carbocycles. The molecule has 1 aliphatic rings. The second kappa shape index (κ2) is 9.15. The van der Waals surface area contributed by atoms with Gasteiger partial charge in [-0.25, -0.2) is 9.50 Å². The summed E-state index contributed by atoms with van der Waals surface area (Å²) < 4.78 is 55.2. The fraction of sp³-hybridized carbons (Fsp3) is 0.381. The number of aryl methyl sites for hydroxylation is 2. The predicted octanol–water partition coefficient (Wildman–Crippen LogP) is 2.28. The second-order valence-electron chi connectivity index (χ2n) is 7.53. The molecule has 3 heterocycles. The molecular formula is C21H20F3N5O5. The number of alkyl halides is 3. The summed E-state index contributed by atoms with van der Waals surface area (Å²) in [6, 6.07) is 5.27. The Balaban J connectivity index is 1.28. The lowest BCUT2D eigenvalue weighted by molar-refractivity contribution is -0.148. The molecule has 13 heteroatoms. The fourth-order valence-electron chi connectivity index (χ4n) is 3.44. The van der Waals surface area contributed by atoms with Crippen molar-refractivity contribution in [3.63, 3.8) is 0 Å². The van der Waals surface area contributed by atoms with Crippen molar-refractivity contribution in [3.05, 3.63) is 46.5 Å². The number of aromatic nitrogens is 4. The highest BCUT2D eigenvalue weighted by Gasteiger charge is 2.37. The molecule has 34 heavy (non-hydrogen) atoms. The predicted molar refractivity (Wildman–Crippen MR) is 109 cm³/mol. The number of nitrogens with zero attached hydrogens (tertiary/aromatic N) is 4. The van der Waals surface area contributed by atoms with Crippen LogP contribution in [0.5, 0.6) is 11.5 Å². The van der Waals surface area contributed by atoms with Crippen molar-refractivity contribution in [2.45, 2.75) is 39.4 Å². The van der Waals surface area contributed by atoms with Gasteiger partial charge in [0, 0.05) is 24.4 Å². The first-order valence-corrected chi connectivity index (χ1v) is 10.2. The summed E-state index contributed by atoms with van der Waals surface area (Å²) in [5.74, 6) is -1.35. The van der Waals surface area contributed by atoms with E-state index in [-0.39, 0.29) is 32.0 Å². The van der Waals surface area contributed by atoms with Gasteiger partial charge in [-0.3, -0.25) is 9.59 Å². The van der Waals surface area contributed by atoms with Gasteiger partial charge in [0.25, 0.3) is 17.5 Å². The van der Waals surface area contributed by atoms with Crippen molar-refractivity contribution in [3.8, 4) is 11.5 Å². The molecule has 1 aliphatic heterocycles. The van der Waals surface area contributed by atoms with Crippen LogP contribution in [0.4, 0.5) is 13.2 Å². The van der Waals surface area contributed by atoms with Crippen LogP contribution in [0.25, 0.3) is 5.78 Å². The molecule has 3 aromatic rings. The summed E-state index contributed by atoms with van der Waals surface area (Å²) in [7, 11) is 0. The summed E-state index contributed by atoms with van der Waals surface area (Å²) in [5.41, 5.74) is 2.16. The van der Waals surface area contributed by atoms with Crippen LogP contribution in [0, 0.1) is 13.8 Å². The third-order valence-corrected chi connectivity index (χ3v) is 5.17. The van der Waals surface area contributed by atoms with Crippen LogP contribution >= 0.6 is 0 Å². The molecule has 10 nitrogen and oxygen atoms in total. The summed E-state index contributed by atoms with van der Waals surface area (Å²) >= 11 is 0. The number of hydrogen-bond acceptors (Lipinski definition) is 8. The topological polar surface area (TPSA) is 117 Å². The number of halogens is 3. The Labute approximate surface area is 191 Å². The zero-order valence-electron chi connectivity index (χ0n) is 18.2. The lowest BCUT2D eigenvalue weighted by Crippen LogP contribution is -2.28. The van der Waals surface area contributed by atoms with Gasteiger partial charge >= 0.3 is 12.1 Å². The number of benzene rings is 1. The van der Waals surface area contributed by atoms with Gasteiger partial charge in [0.15, 0.2) is 18.1 Å². The zero-order valence-corrected chi connectivity index (χ0v) is 18.2. The minimum atomic E-state index is -4.69. The van der Waals surface area contributed by atoms with E-state index in [0.29, 0.717) is 28.5 Å². The normalized spacial score (nSPS) is 12.7. The van der Waals surface area contributed by atoms with Crippen molar-refractivity contribution in [1.29, 1.82) is 0 Å². The van der Waals surface area contributed by atoms with Crippen LogP contribution in [0.1, 0.15) is 34.8 Å². The van der Waals surface area contributed by atoms with Crippen LogP contribution in [0.3, 0.4) is 0 Å². The Morgan fingerprint density at radius 1 is 1.18 bits per heavy atom. The molecule has 0 spiro atoms. The largest absolute Gasteiger partial charge is 0.456 e. The summed E-state index contributed by atoms with van der Waals surface area (Å²) in [6.07, 6.45) is -4.63. The Morgan fingerprint density at radius 3 is 2.71 bits per heavy atom. The van der Waals surface area contributed by atoms with E-state index in [9.17, 15) is 22.8 Å². The first kappa shape index (κ1) is 23.3. The Hall–Kier alpha value is -3.90. The number of amides is 1. The highest BCUT2D eigenvalue weighted by Crippen LogP contribution is 2.32. The average Bonchev–Trinajstić information content (AvgIpc) is 3.42. The maximum atomic E-state index is 12.9. The van der Waals surface area contributed by atoms with E-state index in [0.717, 1.165) is 10.1 Å². The molecule has 0 saturated carbocycles. The molecule has 2 aromatic heterocycles. The van der Waals surface area contributed by atoms with E-state index >= 15 is 0 Å². The molecule has 0 saturated heterocycles. The van der Waals surface area contributed by atoms with E-state index in [1.165, 1.54) is 0 Å². The van der Waals surface area contributed by atoms with Crippen molar-refractivity contribution in [2.24, 2.45) is 0 Å². The van der Waals surface area contributed by atoms with Gasteiger partial charge in [0.1, 0.15) is 0 Å². The Morgan fingerprint density at radius 2 is 1.94 bits per heavy atom. The van der Waals surface area contributed by atoms with Crippen LogP contribution in [-0.2, 0) is 33.5 Å². The number of rotatable bonds is 7. The highest BCUT2D eigenvalue weighted by molar-refractivity contribution is 5.80. The van der Waals surface area contributed by atoms with E-state index in [2.05, 4.69) is 20.4 Å². The SMILES string of the molecule is Cc1nc2nc(C(F)(F)F)nn2c(C)c1CCC(=O)OCC(=O)NCc1ccc2c(c1)OCO2. The lowest BCUT2D eigenvalue weighted by Gasteiger charge is -2.10. The molecule has 4 rings (SSSR count). The van der Waals surface area contributed by atoms with E-state index in [1.54, 1.807) is 32.0 Å². The number of nitrogens with one attached hydrogen (secondary N) is 1. The van der Waals surface area contributed by atoms with Crippen molar-refractivity contribution < 1.29 is 37.0 Å². The minimum absolute atomic E-state index is 0.0921. The van der Waals surface area contributed by atoms with Crippen molar-refractivity contribution in [1.82, 2.24) is 24.9 Å². The van der Waals surface area contributed by atoms with Crippen LogP contribution < -0.4 is 14.8 Å². The van der Waals surface area contributed by atoms with Gasteiger partial charge in [0.05, 0.1) is 0 Å². The molecule has 0 fully saturated rings. The zero-order chi connectivity index (χ0) is 24.5. The molecule has 180 valence electrons. The monoisotopic (exact) mass is 479 g/mol. The summed E-state index contributed by atoms with van der Waals surface area (Å²) in [4.78, 5) is 31.6. The van der Waals surface area contributed by atoms with Crippen molar-refractivity contribution in [2.75, 3.05) is 13.4 Å². The minimum Gasteiger partial charge on any atom is -0.456 e. The van der Waals surface area contributed by atoms with E-state index in [4.69, 9.17) is 14.2 Å². The molecule has 1 N–H and O–H groups in total. The van der Waals surface area contributed by atoms with Crippen LogP contribution in [0.15, 0.2) is 18.2 Å². The van der Waals surface area contributed by atoms with Gasteiger partial charge in [0.2, 0.25) is 6.79 Å². The molecule has 0 unspecified atom stereocenters. The number of carbonyl (C=O) groups is 2.